The van der Waals surface area contributed by atoms with Gasteiger partial charge >= 0.3 is 0 Å². The van der Waals surface area contributed by atoms with Crippen LogP contribution in [0.3, 0.4) is 0 Å². The lowest BCUT2D eigenvalue weighted by atomic mass is 10.1. The number of amides is 1. The number of aryl methyl sites for hydroxylation is 1. The fourth-order valence-corrected chi connectivity index (χ4v) is 2.79. The molecule has 4 aromatic rings. The van der Waals surface area contributed by atoms with Crippen LogP contribution in [-0.4, -0.2) is 20.9 Å². The van der Waals surface area contributed by atoms with Crippen molar-refractivity contribution in [3.8, 4) is 11.5 Å². The van der Waals surface area contributed by atoms with Gasteiger partial charge in [-0.15, -0.1) is 0 Å². The van der Waals surface area contributed by atoms with E-state index in [0.717, 1.165) is 5.56 Å². The van der Waals surface area contributed by atoms with Gasteiger partial charge in [-0.1, -0.05) is 18.2 Å². The van der Waals surface area contributed by atoms with Gasteiger partial charge in [-0.3, -0.25) is 9.59 Å². The molecule has 0 saturated heterocycles. The van der Waals surface area contributed by atoms with Gasteiger partial charge in [0.2, 0.25) is 0 Å². The highest BCUT2D eigenvalue weighted by molar-refractivity contribution is 6.12. The Morgan fingerprint density at radius 1 is 1.04 bits per heavy atom. The van der Waals surface area contributed by atoms with Crippen molar-refractivity contribution in [2.75, 3.05) is 5.32 Å². The van der Waals surface area contributed by atoms with E-state index in [9.17, 15) is 9.59 Å². The zero-order valence-electron chi connectivity index (χ0n) is 14.4. The average Bonchev–Trinajstić information content (AvgIpc) is 3.14. The van der Waals surface area contributed by atoms with Crippen LogP contribution in [0.2, 0.25) is 0 Å². The van der Waals surface area contributed by atoms with Gasteiger partial charge in [0.15, 0.2) is 0 Å². The molecule has 0 spiro atoms. The molecule has 7 nitrogen and oxygen atoms in total. The minimum Gasteiger partial charge on any atom is -0.456 e. The first-order valence-corrected chi connectivity index (χ1v) is 8.31. The average molecular weight is 360 g/mol. The third-order valence-electron chi connectivity index (χ3n) is 4.12. The Morgan fingerprint density at radius 3 is 2.59 bits per heavy atom. The highest BCUT2D eigenvalue weighted by atomic mass is 16.5. The second kappa shape index (κ2) is 6.80. The maximum absolute atomic E-state index is 12.6. The fraction of sp³-hybridized carbons (Fsp3) is 0.0500. The number of fused-ring (bicyclic) bond motifs is 1. The van der Waals surface area contributed by atoms with E-state index in [-0.39, 0.29) is 11.1 Å². The number of anilines is 1. The summed E-state index contributed by atoms with van der Waals surface area (Å²) in [6, 6.07) is 12.7. The number of nitrogens with one attached hydrogen (secondary N) is 3. The molecule has 7 heteroatoms. The Labute approximate surface area is 154 Å². The van der Waals surface area contributed by atoms with Crippen LogP contribution >= 0.6 is 0 Å². The molecular formula is C20H16N4O3. The van der Waals surface area contributed by atoms with Crippen molar-refractivity contribution in [2.24, 2.45) is 0 Å². The van der Waals surface area contributed by atoms with Crippen molar-refractivity contribution in [1.82, 2.24) is 15.0 Å². The number of nitrogens with zero attached hydrogens (tertiary/aromatic N) is 1. The highest BCUT2D eigenvalue weighted by Gasteiger charge is 2.16. The van der Waals surface area contributed by atoms with Gasteiger partial charge in [0.1, 0.15) is 17.3 Å². The molecule has 4 rings (SSSR count). The summed E-state index contributed by atoms with van der Waals surface area (Å²) in [7, 11) is 0. The molecule has 0 atom stereocenters. The summed E-state index contributed by atoms with van der Waals surface area (Å²) in [5.41, 5.74) is 1.44. The van der Waals surface area contributed by atoms with E-state index in [1.54, 1.807) is 18.3 Å². The van der Waals surface area contributed by atoms with E-state index in [2.05, 4.69) is 20.3 Å². The van der Waals surface area contributed by atoms with Crippen LogP contribution in [0.1, 0.15) is 15.9 Å². The number of rotatable bonds is 4. The van der Waals surface area contributed by atoms with E-state index < -0.39 is 5.91 Å². The predicted octanol–water partition coefficient (Wildman–Crippen LogP) is 3.60. The smallest absolute Gasteiger partial charge is 0.259 e. The van der Waals surface area contributed by atoms with Gasteiger partial charge in [0.25, 0.3) is 11.5 Å². The Hall–Kier alpha value is -3.87. The van der Waals surface area contributed by atoms with Crippen LogP contribution in [0.4, 0.5) is 5.82 Å². The Balaban J connectivity index is 1.54. The molecule has 0 fully saturated rings. The molecule has 3 heterocycles. The van der Waals surface area contributed by atoms with Crippen molar-refractivity contribution in [3.05, 3.63) is 82.5 Å². The number of ether oxygens (including phenoxy) is 1. The van der Waals surface area contributed by atoms with Crippen molar-refractivity contribution in [3.63, 3.8) is 0 Å². The lowest BCUT2D eigenvalue weighted by molar-refractivity contribution is 0.102. The molecule has 134 valence electrons. The number of para-hydroxylation sites is 1. The number of benzene rings is 1. The zero-order chi connectivity index (χ0) is 18.8. The van der Waals surface area contributed by atoms with Crippen LogP contribution in [0.15, 0.2) is 65.8 Å². The summed E-state index contributed by atoms with van der Waals surface area (Å²) < 4.78 is 5.67. The summed E-state index contributed by atoms with van der Waals surface area (Å²) in [5, 5.41) is 3.03. The topological polar surface area (TPSA) is 99.9 Å². The fourth-order valence-electron chi connectivity index (χ4n) is 2.79. The van der Waals surface area contributed by atoms with Crippen LogP contribution in [0.5, 0.6) is 11.5 Å². The molecule has 1 aromatic carbocycles. The lowest BCUT2D eigenvalue weighted by Crippen LogP contribution is -2.15. The highest BCUT2D eigenvalue weighted by Crippen LogP contribution is 2.22. The van der Waals surface area contributed by atoms with E-state index in [1.807, 2.05) is 37.3 Å². The molecule has 0 unspecified atom stereocenters. The molecule has 0 aliphatic rings. The molecule has 1 amide bonds. The van der Waals surface area contributed by atoms with E-state index in [4.69, 9.17) is 4.74 Å². The van der Waals surface area contributed by atoms with Crippen LogP contribution in [0, 0.1) is 6.92 Å². The van der Waals surface area contributed by atoms with Crippen LogP contribution < -0.4 is 15.6 Å². The minimum atomic E-state index is -0.415. The van der Waals surface area contributed by atoms with Crippen molar-refractivity contribution >= 4 is 22.6 Å². The summed E-state index contributed by atoms with van der Waals surface area (Å²) in [6.45, 7) is 1.85. The normalized spacial score (nSPS) is 10.7. The number of pyridine rings is 2. The largest absolute Gasteiger partial charge is 0.456 e. The molecule has 0 radical (unpaired) electrons. The SMILES string of the molecule is Cc1c[nH]c(=O)c2c(C(=O)Nc3ccc(Oc4ccccc4)cn3)c[nH]c12. The monoisotopic (exact) mass is 360 g/mol. The lowest BCUT2D eigenvalue weighted by Gasteiger charge is -2.07. The number of hydrogen-bond acceptors (Lipinski definition) is 4. The van der Waals surface area contributed by atoms with Crippen LogP contribution in [0.25, 0.3) is 10.9 Å². The maximum Gasteiger partial charge on any atom is 0.259 e. The second-order valence-electron chi connectivity index (χ2n) is 6.00. The molecule has 0 saturated carbocycles. The van der Waals surface area contributed by atoms with Gasteiger partial charge in [0.05, 0.1) is 22.7 Å². The molecule has 3 N–H and O–H groups in total. The Kier molecular flexibility index (Phi) is 4.18. The predicted molar refractivity (Wildman–Crippen MR) is 102 cm³/mol. The van der Waals surface area contributed by atoms with Crippen molar-refractivity contribution in [1.29, 1.82) is 0 Å². The summed E-state index contributed by atoms with van der Waals surface area (Å²) in [6.07, 6.45) is 4.65. The first-order valence-electron chi connectivity index (χ1n) is 8.31. The van der Waals surface area contributed by atoms with Crippen LogP contribution in [-0.2, 0) is 0 Å². The number of aromatic amines is 2. The second-order valence-corrected chi connectivity index (χ2v) is 6.00. The standard InChI is InChI=1S/C20H16N4O3/c1-12-9-23-20(26)17-15(11-22-18(12)17)19(25)24-16-8-7-14(10-21-16)27-13-5-3-2-4-6-13/h2-11,22H,1H3,(H,23,26)(H,21,24,25). The van der Waals surface area contributed by atoms with Gasteiger partial charge in [0, 0.05) is 12.4 Å². The maximum atomic E-state index is 12.6. The molecule has 3 aromatic heterocycles. The number of hydrogen-bond donors (Lipinski definition) is 3. The Bertz CT molecular complexity index is 1160. The first-order chi connectivity index (χ1) is 13.1. The van der Waals surface area contributed by atoms with E-state index >= 15 is 0 Å². The third kappa shape index (κ3) is 3.30. The summed E-state index contributed by atoms with van der Waals surface area (Å²) >= 11 is 0. The molecule has 0 aliphatic heterocycles. The first kappa shape index (κ1) is 16.6. The molecule has 27 heavy (non-hydrogen) atoms. The van der Waals surface area contributed by atoms with Gasteiger partial charge in [-0.25, -0.2) is 4.98 Å². The molecule has 0 bridgehead atoms. The third-order valence-corrected chi connectivity index (χ3v) is 4.12. The number of carbonyl (C=O) groups is 1. The van der Waals surface area contributed by atoms with E-state index in [1.165, 1.54) is 12.4 Å². The number of H-pyrrole nitrogens is 2. The van der Waals surface area contributed by atoms with Crippen molar-refractivity contribution < 1.29 is 9.53 Å². The van der Waals surface area contributed by atoms with Gasteiger partial charge in [-0.05, 0) is 36.8 Å². The summed E-state index contributed by atoms with van der Waals surface area (Å²) in [4.78, 5) is 34.5. The van der Waals surface area contributed by atoms with Crippen molar-refractivity contribution in [2.45, 2.75) is 6.92 Å². The molecular weight excluding hydrogens is 344 g/mol. The summed E-state index contributed by atoms with van der Waals surface area (Å²) in [5.74, 6) is 1.20. The zero-order valence-corrected chi connectivity index (χ0v) is 14.4. The molecule has 0 aliphatic carbocycles. The quantitative estimate of drug-likeness (QED) is 0.518. The van der Waals surface area contributed by atoms with E-state index in [0.29, 0.717) is 28.2 Å². The minimum absolute atomic E-state index is 0.265. The Morgan fingerprint density at radius 2 is 1.85 bits per heavy atom. The number of carbonyl (C=O) groups excluding carboxylic acids is 1. The number of aromatic nitrogens is 3. The van der Waals surface area contributed by atoms with Gasteiger partial charge in [-0.2, -0.15) is 0 Å². The van der Waals surface area contributed by atoms with Gasteiger partial charge < -0.3 is 20.0 Å².